The Balaban J connectivity index is 5.98. The van der Waals surface area contributed by atoms with E-state index in [0.29, 0.717) is 6.42 Å². The van der Waals surface area contributed by atoms with Crippen molar-refractivity contribution >= 4 is 22.6 Å². The van der Waals surface area contributed by atoms with Gasteiger partial charge in [0.15, 0.2) is 16.6 Å². The zero-order valence-corrected chi connectivity index (χ0v) is 22.5. The second-order valence-electron chi connectivity index (χ2n) is 8.41. The Morgan fingerprint density at radius 3 is 1.59 bits per heavy atom. The van der Waals surface area contributed by atoms with Crippen molar-refractivity contribution in [3.63, 3.8) is 0 Å². The number of carbonyl (C=O) groups is 1. The molecule has 5 nitrogen and oxygen atoms in total. The van der Waals surface area contributed by atoms with E-state index in [4.69, 9.17) is 13.6 Å². The summed E-state index contributed by atoms with van der Waals surface area (Å²) >= 11 is 0. The van der Waals surface area contributed by atoms with Crippen molar-refractivity contribution in [1.82, 2.24) is 0 Å². The molecule has 1 N–H and O–H groups in total. The Morgan fingerprint density at radius 1 is 0.828 bits per heavy atom. The van der Waals surface area contributed by atoms with Crippen molar-refractivity contribution in [1.29, 1.82) is 0 Å². The summed E-state index contributed by atoms with van der Waals surface area (Å²) < 4.78 is 18.8. The van der Waals surface area contributed by atoms with E-state index in [1.54, 1.807) is 0 Å². The maximum atomic E-state index is 12.5. The molecule has 0 aliphatic rings. The van der Waals surface area contributed by atoms with Crippen LogP contribution in [0, 0.1) is 11.8 Å². The molecule has 0 heterocycles. The molecule has 0 rings (SSSR count). The molecule has 174 valence electrons. The fraction of sp³-hybridized carbons (Fsp3) is 0.955. The maximum Gasteiger partial charge on any atom is 0.310 e. The van der Waals surface area contributed by atoms with Crippen LogP contribution in [-0.2, 0) is 18.4 Å². The first-order valence-corrected chi connectivity index (χ1v) is 16.8. The highest BCUT2D eigenvalue weighted by Gasteiger charge is 2.43. The van der Waals surface area contributed by atoms with Crippen molar-refractivity contribution in [2.75, 3.05) is 13.7 Å². The lowest BCUT2D eigenvalue weighted by Gasteiger charge is -2.43. The quantitative estimate of drug-likeness (QED) is 0.246. The molecule has 0 aliphatic carbocycles. The number of hydrogen-bond acceptors (Lipinski definition) is 5. The molecule has 0 fully saturated rings. The van der Waals surface area contributed by atoms with Gasteiger partial charge in [-0.3, -0.25) is 4.79 Å². The fourth-order valence-corrected chi connectivity index (χ4v) is 10.3. The normalized spacial score (nSPS) is 16.9. The molecule has 0 aromatic carbocycles. The molecule has 0 saturated carbocycles. The lowest BCUT2D eigenvalue weighted by Crippen LogP contribution is -2.51. The summed E-state index contributed by atoms with van der Waals surface area (Å²) in [6.45, 7) is 17.4. The fourth-order valence-electron chi connectivity index (χ4n) is 4.36. The molecule has 0 aromatic heterocycles. The van der Waals surface area contributed by atoms with Crippen molar-refractivity contribution in [2.45, 2.75) is 110 Å². The van der Waals surface area contributed by atoms with Gasteiger partial charge in [0, 0.05) is 12.5 Å². The Kier molecular flexibility index (Phi) is 13.9. The van der Waals surface area contributed by atoms with Gasteiger partial charge in [0.25, 0.3) is 0 Å². The van der Waals surface area contributed by atoms with Crippen LogP contribution >= 0.6 is 0 Å². The summed E-state index contributed by atoms with van der Waals surface area (Å²) in [5.74, 6) is -0.595. The maximum absolute atomic E-state index is 12.5. The van der Waals surface area contributed by atoms with Gasteiger partial charge < -0.3 is 18.7 Å². The molecule has 0 spiro atoms. The Morgan fingerprint density at radius 2 is 1.24 bits per heavy atom. The second kappa shape index (κ2) is 14.0. The first-order chi connectivity index (χ1) is 13.7. The van der Waals surface area contributed by atoms with E-state index in [0.717, 1.165) is 36.3 Å². The Bertz CT molecular complexity index is 436. The summed E-state index contributed by atoms with van der Waals surface area (Å²) in [7, 11) is -2.34. The van der Waals surface area contributed by atoms with Gasteiger partial charge in [0.05, 0.1) is 25.2 Å². The van der Waals surface area contributed by atoms with Gasteiger partial charge in [-0.25, -0.2) is 0 Å². The molecule has 7 heteroatoms. The summed E-state index contributed by atoms with van der Waals surface area (Å²) in [6, 6.07) is 6.26. The highest BCUT2D eigenvalue weighted by atomic mass is 28.4. The van der Waals surface area contributed by atoms with Crippen LogP contribution in [0.5, 0.6) is 0 Å². The molecular weight excluding hydrogens is 400 g/mol. The van der Waals surface area contributed by atoms with Gasteiger partial charge in [-0.2, -0.15) is 0 Å². The molecule has 0 saturated heterocycles. The summed E-state index contributed by atoms with van der Waals surface area (Å²) in [5.41, 5.74) is 0. The molecule has 0 bridgehead atoms. The van der Waals surface area contributed by atoms with Crippen LogP contribution in [0.1, 0.15) is 61.8 Å². The smallest absolute Gasteiger partial charge is 0.310 e. The predicted octanol–water partition coefficient (Wildman–Crippen LogP) is 5.59. The van der Waals surface area contributed by atoms with Gasteiger partial charge in [-0.05, 0) is 49.6 Å². The van der Waals surface area contributed by atoms with E-state index in [1.165, 1.54) is 7.11 Å². The highest BCUT2D eigenvalue weighted by molar-refractivity contribution is 6.74. The van der Waals surface area contributed by atoms with Crippen LogP contribution in [0.15, 0.2) is 0 Å². The van der Waals surface area contributed by atoms with Gasteiger partial charge in [0.1, 0.15) is 0 Å². The van der Waals surface area contributed by atoms with E-state index in [1.807, 2.05) is 6.92 Å². The first-order valence-electron chi connectivity index (χ1n) is 11.7. The minimum atomic E-state index is -1.93. The zero-order valence-electron chi connectivity index (χ0n) is 20.5. The number of esters is 1. The van der Waals surface area contributed by atoms with E-state index in [2.05, 4.69) is 48.5 Å². The van der Waals surface area contributed by atoms with Crippen molar-refractivity contribution in [2.24, 2.45) is 11.8 Å². The Labute approximate surface area is 182 Å². The summed E-state index contributed by atoms with van der Waals surface area (Å²) in [4.78, 5) is 12.5. The third-order valence-corrected chi connectivity index (χ3v) is 16.5. The molecule has 4 atom stereocenters. The van der Waals surface area contributed by atoms with Crippen molar-refractivity contribution in [3.8, 4) is 0 Å². The topological polar surface area (TPSA) is 65.0 Å². The monoisotopic (exact) mass is 448 g/mol. The summed E-state index contributed by atoms with van der Waals surface area (Å²) in [5, 5.41) is 9.76. The minimum absolute atomic E-state index is 0.00398. The molecule has 0 aliphatic heterocycles. The van der Waals surface area contributed by atoms with E-state index in [-0.39, 0.29) is 36.6 Å². The van der Waals surface area contributed by atoms with Gasteiger partial charge >= 0.3 is 5.97 Å². The van der Waals surface area contributed by atoms with Crippen LogP contribution < -0.4 is 0 Å². The van der Waals surface area contributed by atoms with Crippen LogP contribution in [0.25, 0.3) is 0 Å². The lowest BCUT2D eigenvalue weighted by atomic mass is 9.88. The number of aliphatic hydroxyl groups excluding tert-OH is 1. The molecule has 0 radical (unpaired) electrons. The standard InChI is InChI=1S/C22H48O5Si2/c1-10-28(11-2,12-3)26-20(16-17-23)18(7)21(19(8)22(24)25-9)27-29(13-4,14-5)15-6/h18-21,23H,10-17H2,1-9H3/t18-,19+,20-,21-/m0/s1. The number of aliphatic hydroxyl groups is 1. The van der Waals surface area contributed by atoms with E-state index in [9.17, 15) is 9.90 Å². The van der Waals surface area contributed by atoms with Crippen LogP contribution in [-0.4, -0.2) is 53.6 Å². The van der Waals surface area contributed by atoms with E-state index < -0.39 is 16.6 Å². The van der Waals surface area contributed by atoms with Crippen LogP contribution in [0.3, 0.4) is 0 Å². The average molecular weight is 449 g/mol. The molecular formula is C22H48O5Si2. The van der Waals surface area contributed by atoms with Gasteiger partial charge in [0.2, 0.25) is 0 Å². The lowest BCUT2D eigenvalue weighted by molar-refractivity contribution is -0.150. The Hall–Kier alpha value is -0.216. The third-order valence-electron chi connectivity index (χ3n) is 7.24. The number of carbonyl (C=O) groups excluding carboxylic acids is 1. The van der Waals surface area contributed by atoms with E-state index >= 15 is 0 Å². The predicted molar refractivity (Wildman–Crippen MR) is 126 cm³/mol. The molecule has 0 aromatic rings. The zero-order chi connectivity index (χ0) is 22.7. The number of ether oxygens (including phenoxy) is 1. The SMILES string of the molecule is CC[Si](CC)(CC)O[C@@H]([C@@H](C)[C@H](CCO)O[Si](CC)(CC)CC)[C@@H](C)C(=O)OC. The summed E-state index contributed by atoms with van der Waals surface area (Å²) in [6.07, 6.45) is 0.200. The van der Waals surface area contributed by atoms with Crippen LogP contribution in [0.2, 0.25) is 36.3 Å². The van der Waals surface area contributed by atoms with Crippen molar-refractivity contribution < 1.29 is 23.5 Å². The molecule has 0 amide bonds. The van der Waals surface area contributed by atoms with Crippen molar-refractivity contribution in [3.05, 3.63) is 0 Å². The molecule has 0 unspecified atom stereocenters. The van der Waals surface area contributed by atoms with Gasteiger partial charge in [-0.15, -0.1) is 0 Å². The second-order valence-corrected chi connectivity index (χ2v) is 17.9. The average Bonchev–Trinajstić information content (AvgIpc) is 2.77. The minimum Gasteiger partial charge on any atom is -0.469 e. The number of rotatable bonds is 16. The van der Waals surface area contributed by atoms with Gasteiger partial charge in [-0.1, -0.05) is 48.5 Å². The van der Waals surface area contributed by atoms with Crippen LogP contribution in [0.4, 0.5) is 0 Å². The molecule has 29 heavy (non-hydrogen) atoms. The number of methoxy groups -OCH3 is 1. The number of hydrogen-bond donors (Lipinski definition) is 1. The third kappa shape index (κ3) is 7.76. The highest BCUT2D eigenvalue weighted by Crippen LogP contribution is 2.34. The first kappa shape index (κ1) is 28.8. The largest absolute Gasteiger partial charge is 0.469 e.